The van der Waals surface area contributed by atoms with E-state index in [9.17, 15) is 19.2 Å². The Balaban J connectivity index is 1.63. The molecular formula is C21H19N3O5. The van der Waals surface area contributed by atoms with Gasteiger partial charge < -0.3 is 10.1 Å². The van der Waals surface area contributed by atoms with Crippen molar-refractivity contribution in [3.8, 4) is 0 Å². The van der Waals surface area contributed by atoms with Gasteiger partial charge in [-0.25, -0.2) is 5.10 Å². The molecule has 0 bridgehead atoms. The molecule has 1 heterocycles. The van der Waals surface area contributed by atoms with Gasteiger partial charge in [0.05, 0.1) is 17.5 Å². The minimum atomic E-state index is -1.04. The molecule has 1 amide bonds. The summed E-state index contributed by atoms with van der Waals surface area (Å²) < 4.78 is 5.19. The number of anilines is 1. The van der Waals surface area contributed by atoms with Crippen molar-refractivity contribution in [1.29, 1.82) is 0 Å². The van der Waals surface area contributed by atoms with Crippen LogP contribution in [0, 0.1) is 0 Å². The summed E-state index contributed by atoms with van der Waals surface area (Å²) in [6, 6.07) is 13.2. The summed E-state index contributed by atoms with van der Waals surface area (Å²) in [5.41, 5.74) is 1.03. The second-order valence-corrected chi connectivity index (χ2v) is 6.48. The number of benzene rings is 2. The number of hydrogen-bond donors (Lipinski definition) is 2. The Morgan fingerprint density at radius 2 is 1.72 bits per heavy atom. The van der Waals surface area contributed by atoms with E-state index in [0.717, 1.165) is 0 Å². The summed E-state index contributed by atoms with van der Waals surface area (Å²) in [5.74, 6) is -1.23. The Morgan fingerprint density at radius 1 is 1.07 bits per heavy atom. The molecule has 8 heteroatoms. The van der Waals surface area contributed by atoms with Crippen LogP contribution in [0.15, 0.2) is 53.3 Å². The lowest BCUT2D eigenvalue weighted by Crippen LogP contribution is -2.30. The van der Waals surface area contributed by atoms with Crippen LogP contribution in [0.25, 0.3) is 10.8 Å². The zero-order valence-corrected chi connectivity index (χ0v) is 15.9. The number of aromatic amines is 1. The van der Waals surface area contributed by atoms with Crippen LogP contribution in [0.2, 0.25) is 0 Å². The summed E-state index contributed by atoms with van der Waals surface area (Å²) in [6.07, 6.45) is -1.23. The lowest BCUT2D eigenvalue weighted by molar-refractivity contribution is -0.152. The number of ether oxygens (including phenoxy) is 1. The molecule has 1 aromatic heterocycles. The highest BCUT2D eigenvalue weighted by Gasteiger charge is 2.20. The minimum Gasteiger partial charge on any atom is -0.452 e. The van der Waals surface area contributed by atoms with Crippen LogP contribution in [0.4, 0.5) is 5.69 Å². The van der Waals surface area contributed by atoms with E-state index in [1.54, 1.807) is 48.5 Å². The molecular weight excluding hydrogens is 374 g/mol. The van der Waals surface area contributed by atoms with Gasteiger partial charge in [-0.05, 0) is 44.2 Å². The number of aromatic nitrogens is 2. The van der Waals surface area contributed by atoms with Crippen molar-refractivity contribution >= 4 is 34.1 Å². The van der Waals surface area contributed by atoms with Gasteiger partial charge in [-0.1, -0.05) is 18.2 Å². The van der Waals surface area contributed by atoms with Crippen molar-refractivity contribution in [3.05, 3.63) is 70.1 Å². The van der Waals surface area contributed by atoms with Crippen LogP contribution in [0.5, 0.6) is 0 Å². The molecule has 0 aliphatic rings. The molecule has 0 unspecified atom stereocenters. The second-order valence-electron chi connectivity index (χ2n) is 6.48. The predicted molar refractivity (Wildman–Crippen MR) is 107 cm³/mol. The first-order valence-electron chi connectivity index (χ1n) is 8.93. The highest BCUT2D eigenvalue weighted by Crippen LogP contribution is 2.14. The molecule has 148 valence electrons. The zero-order valence-electron chi connectivity index (χ0n) is 15.9. The molecule has 0 radical (unpaired) electrons. The van der Waals surface area contributed by atoms with Gasteiger partial charge in [-0.15, -0.1) is 0 Å². The number of nitrogens with one attached hydrogen (secondary N) is 2. The monoisotopic (exact) mass is 393 g/mol. The van der Waals surface area contributed by atoms with E-state index in [2.05, 4.69) is 15.5 Å². The van der Waals surface area contributed by atoms with Crippen molar-refractivity contribution < 1.29 is 19.1 Å². The fourth-order valence-electron chi connectivity index (χ4n) is 2.77. The van der Waals surface area contributed by atoms with Crippen LogP contribution < -0.4 is 10.9 Å². The third-order valence-electron chi connectivity index (χ3n) is 4.32. The number of hydrogen-bond acceptors (Lipinski definition) is 6. The first kappa shape index (κ1) is 19.9. The van der Waals surface area contributed by atoms with Gasteiger partial charge in [-0.3, -0.25) is 19.2 Å². The topological polar surface area (TPSA) is 118 Å². The number of carbonyl (C=O) groups is 3. The summed E-state index contributed by atoms with van der Waals surface area (Å²) in [4.78, 5) is 47.6. The standard InChI is InChI=1S/C21H19N3O5/c1-12(25)14-7-9-15(10-8-14)22-20(27)13(2)29-19(26)11-18-16-5-3-4-6-17(16)21(28)24-23-18/h3-10,13H,11H2,1-2H3,(H,22,27)(H,24,28)/t13-/m1/s1. The zero-order chi connectivity index (χ0) is 21.0. The van der Waals surface area contributed by atoms with Crippen molar-refractivity contribution in [1.82, 2.24) is 10.2 Å². The summed E-state index contributed by atoms with van der Waals surface area (Å²) in [5, 5.41) is 9.87. The molecule has 3 aromatic rings. The molecule has 0 aliphatic heterocycles. The first-order chi connectivity index (χ1) is 13.8. The van der Waals surface area contributed by atoms with Crippen molar-refractivity contribution in [2.45, 2.75) is 26.4 Å². The maximum atomic E-state index is 12.3. The number of fused-ring (bicyclic) bond motifs is 1. The maximum absolute atomic E-state index is 12.3. The van der Waals surface area contributed by atoms with Crippen LogP contribution in [-0.4, -0.2) is 34.0 Å². The number of ketones is 1. The van der Waals surface area contributed by atoms with Gasteiger partial charge in [0.25, 0.3) is 11.5 Å². The third kappa shape index (κ3) is 4.73. The fraction of sp³-hybridized carbons (Fsp3) is 0.190. The molecule has 29 heavy (non-hydrogen) atoms. The van der Waals surface area contributed by atoms with E-state index >= 15 is 0 Å². The number of rotatable bonds is 6. The van der Waals surface area contributed by atoms with E-state index in [1.165, 1.54) is 13.8 Å². The van der Waals surface area contributed by atoms with E-state index in [-0.39, 0.29) is 17.8 Å². The number of esters is 1. The molecule has 0 spiro atoms. The van der Waals surface area contributed by atoms with Gasteiger partial charge in [0.1, 0.15) is 0 Å². The van der Waals surface area contributed by atoms with Crippen LogP contribution in [0.1, 0.15) is 29.9 Å². The molecule has 8 nitrogen and oxygen atoms in total. The van der Waals surface area contributed by atoms with Gasteiger partial charge in [0.15, 0.2) is 11.9 Å². The number of H-pyrrole nitrogens is 1. The van der Waals surface area contributed by atoms with E-state index < -0.39 is 18.0 Å². The molecule has 3 rings (SSSR count). The Hall–Kier alpha value is -3.81. The molecule has 0 aliphatic carbocycles. The Kier molecular flexibility index (Phi) is 5.82. The van der Waals surface area contributed by atoms with Gasteiger partial charge in [0, 0.05) is 16.6 Å². The Bertz CT molecular complexity index is 1140. The molecule has 2 aromatic carbocycles. The van der Waals surface area contributed by atoms with Crippen molar-refractivity contribution in [2.75, 3.05) is 5.32 Å². The number of nitrogens with zero attached hydrogens (tertiary/aromatic N) is 1. The number of carbonyl (C=O) groups excluding carboxylic acids is 3. The van der Waals surface area contributed by atoms with E-state index in [1.807, 2.05) is 0 Å². The molecule has 0 fully saturated rings. The SMILES string of the molecule is CC(=O)c1ccc(NC(=O)[C@@H](C)OC(=O)Cc2n[nH]c(=O)c3ccccc23)cc1. The lowest BCUT2D eigenvalue weighted by Gasteiger charge is -2.14. The van der Waals surface area contributed by atoms with Gasteiger partial charge in [0.2, 0.25) is 0 Å². The van der Waals surface area contributed by atoms with Gasteiger partial charge in [-0.2, -0.15) is 5.10 Å². The lowest BCUT2D eigenvalue weighted by atomic mass is 10.1. The van der Waals surface area contributed by atoms with Crippen LogP contribution >= 0.6 is 0 Å². The molecule has 1 atom stereocenters. The van der Waals surface area contributed by atoms with Crippen LogP contribution in [0.3, 0.4) is 0 Å². The Morgan fingerprint density at radius 3 is 2.38 bits per heavy atom. The predicted octanol–water partition coefficient (Wildman–Crippen LogP) is 2.24. The number of amides is 1. The molecule has 2 N–H and O–H groups in total. The van der Waals surface area contributed by atoms with Crippen molar-refractivity contribution in [3.63, 3.8) is 0 Å². The summed E-state index contributed by atoms with van der Waals surface area (Å²) in [6.45, 7) is 2.91. The summed E-state index contributed by atoms with van der Waals surface area (Å²) >= 11 is 0. The fourth-order valence-corrected chi connectivity index (χ4v) is 2.77. The average Bonchev–Trinajstić information content (AvgIpc) is 2.70. The second kappa shape index (κ2) is 8.47. The third-order valence-corrected chi connectivity index (χ3v) is 4.32. The smallest absolute Gasteiger partial charge is 0.312 e. The summed E-state index contributed by atoms with van der Waals surface area (Å²) in [7, 11) is 0. The van der Waals surface area contributed by atoms with E-state index in [0.29, 0.717) is 27.7 Å². The largest absolute Gasteiger partial charge is 0.452 e. The first-order valence-corrected chi connectivity index (χ1v) is 8.93. The quantitative estimate of drug-likeness (QED) is 0.490. The number of Topliss-reactive ketones (excluding diaryl/α,β-unsaturated/α-hetero) is 1. The molecule has 0 saturated heterocycles. The highest BCUT2D eigenvalue weighted by molar-refractivity contribution is 5.97. The average molecular weight is 393 g/mol. The Labute approximate surface area is 165 Å². The maximum Gasteiger partial charge on any atom is 0.312 e. The van der Waals surface area contributed by atoms with Gasteiger partial charge >= 0.3 is 5.97 Å². The normalized spacial score (nSPS) is 11.7. The minimum absolute atomic E-state index is 0.0754. The van der Waals surface area contributed by atoms with Crippen molar-refractivity contribution in [2.24, 2.45) is 0 Å². The molecule has 0 saturated carbocycles. The highest BCUT2D eigenvalue weighted by atomic mass is 16.5. The van der Waals surface area contributed by atoms with Crippen LogP contribution in [-0.2, 0) is 20.7 Å². The van der Waals surface area contributed by atoms with E-state index in [4.69, 9.17) is 4.74 Å².